The lowest BCUT2D eigenvalue weighted by Gasteiger charge is -2.31. The van der Waals surface area contributed by atoms with Gasteiger partial charge < -0.3 is 20.7 Å². The van der Waals surface area contributed by atoms with Gasteiger partial charge in [-0.1, -0.05) is 30.3 Å². The molecule has 0 atom stereocenters. The summed E-state index contributed by atoms with van der Waals surface area (Å²) >= 11 is 1.55. The van der Waals surface area contributed by atoms with E-state index in [1.807, 2.05) is 29.2 Å². The second kappa shape index (κ2) is 9.59. The average molecular weight is 429 g/mol. The average Bonchev–Trinajstić information content (AvgIpc) is 3.22. The van der Waals surface area contributed by atoms with Crippen LogP contribution in [0, 0.1) is 0 Å². The van der Waals surface area contributed by atoms with E-state index in [0.29, 0.717) is 13.2 Å². The summed E-state index contributed by atoms with van der Waals surface area (Å²) in [6.45, 7) is 4.91. The molecule has 1 aromatic carbocycles. The number of nitrogens with one attached hydrogen (secondary N) is 1. The number of likely N-dealkylation sites (tertiary alicyclic amines) is 1. The van der Waals surface area contributed by atoms with Gasteiger partial charge in [-0.25, -0.2) is 0 Å². The van der Waals surface area contributed by atoms with E-state index in [1.54, 1.807) is 11.3 Å². The van der Waals surface area contributed by atoms with Gasteiger partial charge >= 0.3 is 0 Å². The molecule has 30 heavy (non-hydrogen) atoms. The topological polar surface area (TPSA) is 87.9 Å². The largest absolute Gasteiger partial charge is 0.378 e. The highest BCUT2D eigenvalue weighted by Gasteiger charge is 2.25. The zero-order valence-electron chi connectivity index (χ0n) is 17.0. The third kappa shape index (κ3) is 5.00. The number of nitrogens with two attached hydrogens (primary N) is 1. The lowest BCUT2D eigenvalue weighted by atomic mass is 10.0. The zero-order chi connectivity index (χ0) is 20.9. The van der Waals surface area contributed by atoms with Gasteiger partial charge in [0.15, 0.2) is 0 Å². The predicted molar refractivity (Wildman–Crippen MR) is 119 cm³/mol. The lowest BCUT2D eigenvalue weighted by Crippen LogP contribution is -2.46. The monoisotopic (exact) mass is 428 g/mol. The van der Waals surface area contributed by atoms with Crippen LogP contribution in [0.15, 0.2) is 36.4 Å². The standard InChI is InChI=1S/C22H28N4O3S/c23-20(27)15-25-8-6-17(7-9-25)24-21(28)19-14-18(16-4-2-1-3-5-16)22(30-19)26-10-12-29-13-11-26/h1-5,14,17H,6-13,15H2,(H2,23,27)(H,24,28). The predicted octanol–water partition coefficient (Wildman–Crippen LogP) is 1.93. The minimum atomic E-state index is -0.305. The van der Waals surface area contributed by atoms with Gasteiger partial charge in [-0.15, -0.1) is 11.3 Å². The Bertz CT molecular complexity index is 872. The van der Waals surface area contributed by atoms with E-state index in [9.17, 15) is 9.59 Å². The summed E-state index contributed by atoms with van der Waals surface area (Å²) < 4.78 is 5.50. The number of ether oxygens (including phenoxy) is 1. The third-order valence-corrected chi connectivity index (χ3v) is 6.82. The van der Waals surface area contributed by atoms with Crippen molar-refractivity contribution < 1.29 is 14.3 Å². The second-order valence-electron chi connectivity index (χ2n) is 7.79. The van der Waals surface area contributed by atoms with Gasteiger partial charge in [-0.05, 0) is 24.5 Å². The molecule has 0 unspecified atom stereocenters. The molecule has 2 fully saturated rings. The van der Waals surface area contributed by atoms with Crippen molar-refractivity contribution >= 4 is 28.2 Å². The van der Waals surface area contributed by atoms with E-state index in [0.717, 1.165) is 60.0 Å². The number of anilines is 1. The molecule has 2 aliphatic rings. The summed E-state index contributed by atoms with van der Waals surface area (Å²) in [5.74, 6) is -0.329. The molecule has 3 heterocycles. The lowest BCUT2D eigenvalue weighted by molar-refractivity contribution is -0.119. The van der Waals surface area contributed by atoms with Gasteiger partial charge in [0.2, 0.25) is 5.91 Å². The zero-order valence-corrected chi connectivity index (χ0v) is 17.8. The molecular formula is C22H28N4O3S. The van der Waals surface area contributed by atoms with Crippen molar-refractivity contribution in [3.05, 3.63) is 41.3 Å². The minimum absolute atomic E-state index is 0.0231. The molecule has 2 saturated heterocycles. The Kier molecular flexibility index (Phi) is 6.66. The molecular weight excluding hydrogens is 400 g/mol. The number of thiophene rings is 1. The molecule has 0 bridgehead atoms. The van der Waals surface area contributed by atoms with Gasteiger partial charge in [-0.3, -0.25) is 14.5 Å². The van der Waals surface area contributed by atoms with Crippen LogP contribution in [0.5, 0.6) is 0 Å². The Morgan fingerprint density at radius 3 is 2.47 bits per heavy atom. The van der Waals surface area contributed by atoms with Gasteiger partial charge in [0.25, 0.3) is 5.91 Å². The number of nitrogens with zero attached hydrogens (tertiary/aromatic N) is 2. The van der Waals surface area contributed by atoms with E-state index in [4.69, 9.17) is 10.5 Å². The molecule has 2 amide bonds. The molecule has 2 aromatic rings. The minimum Gasteiger partial charge on any atom is -0.378 e. The second-order valence-corrected chi connectivity index (χ2v) is 8.82. The molecule has 2 aliphatic heterocycles. The normalized spacial score (nSPS) is 18.3. The van der Waals surface area contributed by atoms with Crippen molar-refractivity contribution in [1.82, 2.24) is 10.2 Å². The van der Waals surface area contributed by atoms with Crippen LogP contribution < -0.4 is 16.0 Å². The summed E-state index contributed by atoms with van der Waals surface area (Å²) in [7, 11) is 0. The number of carbonyl (C=O) groups excluding carboxylic acids is 2. The maximum Gasteiger partial charge on any atom is 0.261 e. The van der Waals surface area contributed by atoms with E-state index in [-0.39, 0.29) is 24.4 Å². The Morgan fingerprint density at radius 2 is 1.80 bits per heavy atom. The smallest absolute Gasteiger partial charge is 0.261 e. The highest BCUT2D eigenvalue weighted by atomic mass is 32.1. The molecule has 3 N–H and O–H groups in total. The van der Waals surface area contributed by atoms with Gasteiger partial charge in [0.05, 0.1) is 29.6 Å². The summed E-state index contributed by atoms with van der Waals surface area (Å²) in [6, 6.07) is 12.4. The first-order valence-electron chi connectivity index (χ1n) is 10.4. The Hall–Kier alpha value is -2.42. The van der Waals surface area contributed by atoms with Crippen LogP contribution in [0.1, 0.15) is 22.5 Å². The molecule has 0 saturated carbocycles. The van der Waals surface area contributed by atoms with Crippen LogP contribution in [0.25, 0.3) is 11.1 Å². The highest BCUT2D eigenvalue weighted by molar-refractivity contribution is 7.18. The number of morpholine rings is 1. The first kappa shape index (κ1) is 20.8. The van der Waals surface area contributed by atoms with Crippen molar-refractivity contribution in [3.8, 4) is 11.1 Å². The number of primary amides is 1. The summed E-state index contributed by atoms with van der Waals surface area (Å²) in [5.41, 5.74) is 7.50. The van der Waals surface area contributed by atoms with E-state index in [2.05, 4.69) is 22.3 Å². The van der Waals surface area contributed by atoms with Crippen LogP contribution in [0.3, 0.4) is 0 Å². The molecule has 0 spiro atoms. The number of benzene rings is 1. The van der Waals surface area contributed by atoms with Crippen LogP contribution in [0.2, 0.25) is 0 Å². The quantitative estimate of drug-likeness (QED) is 0.734. The van der Waals surface area contributed by atoms with Crippen LogP contribution >= 0.6 is 11.3 Å². The Labute approximate surface area is 180 Å². The number of amides is 2. The maximum atomic E-state index is 13.0. The fourth-order valence-corrected chi connectivity index (χ4v) is 5.17. The first-order chi connectivity index (χ1) is 14.6. The summed E-state index contributed by atoms with van der Waals surface area (Å²) in [5, 5.41) is 4.32. The number of rotatable bonds is 6. The van der Waals surface area contributed by atoms with Crippen LogP contribution in [-0.2, 0) is 9.53 Å². The fraction of sp³-hybridized carbons (Fsp3) is 0.455. The molecule has 0 radical (unpaired) electrons. The Balaban J connectivity index is 1.48. The van der Waals surface area contributed by atoms with Crippen molar-refractivity contribution in [3.63, 3.8) is 0 Å². The molecule has 160 valence electrons. The van der Waals surface area contributed by atoms with Gasteiger partial charge in [0, 0.05) is 37.8 Å². The summed E-state index contributed by atoms with van der Waals surface area (Å²) in [6.07, 6.45) is 1.65. The molecule has 4 rings (SSSR count). The van der Waals surface area contributed by atoms with Gasteiger partial charge in [-0.2, -0.15) is 0 Å². The maximum absolute atomic E-state index is 13.0. The van der Waals surface area contributed by atoms with Crippen molar-refractivity contribution in [2.45, 2.75) is 18.9 Å². The summed E-state index contributed by atoms with van der Waals surface area (Å²) in [4.78, 5) is 29.2. The van der Waals surface area contributed by atoms with Crippen molar-refractivity contribution in [2.75, 3.05) is 50.8 Å². The van der Waals surface area contributed by atoms with E-state index < -0.39 is 0 Å². The van der Waals surface area contributed by atoms with Crippen molar-refractivity contribution in [1.29, 1.82) is 0 Å². The number of piperidine rings is 1. The van der Waals surface area contributed by atoms with Crippen molar-refractivity contribution in [2.24, 2.45) is 5.73 Å². The molecule has 1 aromatic heterocycles. The fourth-order valence-electron chi connectivity index (χ4n) is 4.03. The molecule has 7 nitrogen and oxygen atoms in total. The number of hydrogen-bond acceptors (Lipinski definition) is 6. The number of hydrogen-bond donors (Lipinski definition) is 2. The van der Waals surface area contributed by atoms with E-state index in [1.165, 1.54) is 0 Å². The Morgan fingerprint density at radius 1 is 1.10 bits per heavy atom. The third-order valence-electron chi connectivity index (χ3n) is 5.62. The molecule has 0 aliphatic carbocycles. The van der Waals surface area contributed by atoms with Gasteiger partial charge in [0.1, 0.15) is 0 Å². The first-order valence-corrected chi connectivity index (χ1v) is 11.3. The van der Waals surface area contributed by atoms with Crippen LogP contribution in [-0.4, -0.2) is 68.7 Å². The van der Waals surface area contributed by atoms with E-state index >= 15 is 0 Å². The number of carbonyl (C=O) groups is 2. The van der Waals surface area contributed by atoms with Crippen LogP contribution in [0.4, 0.5) is 5.00 Å². The highest BCUT2D eigenvalue weighted by Crippen LogP contribution is 2.39. The molecule has 8 heteroatoms. The SMILES string of the molecule is NC(=O)CN1CCC(NC(=O)c2cc(-c3ccccc3)c(N3CCOCC3)s2)CC1.